The molecule has 3 nitrogen and oxygen atoms in total. The molecule has 3 heterocycles. The summed E-state index contributed by atoms with van der Waals surface area (Å²) < 4.78 is 2.51. The van der Waals surface area contributed by atoms with Crippen LogP contribution in [0.1, 0.15) is 0 Å². The second-order valence-corrected chi connectivity index (χ2v) is 3.92. The molecule has 3 aromatic heterocycles. The van der Waals surface area contributed by atoms with Crippen LogP contribution in [0.5, 0.6) is 0 Å². The average molecular weight is 202 g/mol. The SMILES string of the molecule is O=c1c2sccc2ccn2ccnc12. The van der Waals surface area contributed by atoms with Gasteiger partial charge in [-0.3, -0.25) is 4.79 Å². The molecule has 0 bridgehead atoms. The number of thiophene rings is 1. The van der Waals surface area contributed by atoms with Crippen LogP contribution in [-0.4, -0.2) is 9.38 Å². The van der Waals surface area contributed by atoms with Crippen molar-refractivity contribution >= 4 is 27.1 Å². The topological polar surface area (TPSA) is 34.4 Å². The lowest BCUT2D eigenvalue weighted by Crippen LogP contribution is -1.99. The minimum absolute atomic E-state index is 0.00463. The molecule has 0 atom stereocenters. The summed E-state index contributed by atoms with van der Waals surface area (Å²) in [5.74, 6) is 0. The Morgan fingerprint density at radius 3 is 3.14 bits per heavy atom. The van der Waals surface area contributed by atoms with Crippen molar-refractivity contribution in [2.75, 3.05) is 0 Å². The first-order valence-corrected chi connectivity index (χ1v) is 5.07. The molecule has 0 aliphatic carbocycles. The maximum Gasteiger partial charge on any atom is 0.239 e. The first-order chi connectivity index (χ1) is 6.86. The zero-order valence-corrected chi connectivity index (χ0v) is 7.99. The number of hydrogen-bond acceptors (Lipinski definition) is 3. The van der Waals surface area contributed by atoms with Crippen LogP contribution in [0.4, 0.5) is 0 Å². The van der Waals surface area contributed by atoms with Gasteiger partial charge in [0.05, 0.1) is 4.70 Å². The summed E-state index contributed by atoms with van der Waals surface area (Å²) in [4.78, 5) is 16.0. The van der Waals surface area contributed by atoms with E-state index < -0.39 is 0 Å². The van der Waals surface area contributed by atoms with E-state index >= 15 is 0 Å². The molecule has 0 spiro atoms. The highest BCUT2D eigenvalue weighted by Gasteiger charge is 2.03. The summed E-state index contributed by atoms with van der Waals surface area (Å²) in [5.41, 5.74) is 0.493. The molecule has 4 heteroatoms. The molecule has 68 valence electrons. The van der Waals surface area contributed by atoms with Crippen LogP contribution < -0.4 is 5.43 Å². The molecule has 0 aliphatic rings. The number of nitrogens with zero attached hydrogens (tertiary/aromatic N) is 2. The van der Waals surface area contributed by atoms with Crippen molar-refractivity contribution < 1.29 is 0 Å². The second kappa shape index (κ2) is 2.65. The Labute approximate surface area is 83.3 Å². The van der Waals surface area contributed by atoms with Gasteiger partial charge in [0.1, 0.15) is 0 Å². The number of hydrogen-bond donors (Lipinski definition) is 0. The minimum Gasteiger partial charge on any atom is -0.304 e. The Morgan fingerprint density at radius 1 is 1.29 bits per heavy atom. The zero-order chi connectivity index (χ0) is 9.54. The third-order valence-corrected chi connectivity index (χ3v) is 3.12. The maximum absolute atomic E-state index is 11.9. The van der Waals surface area contributed by atoms with Crippen molar-refractivity contribution in [1.29, 1.82) is 0 Å². The molecular weight excluding hydrogens is 196 g/mol. The van der Waals surface area contributed by atoms with Crippen molar-refractivity contribution in [3.8, 4) is 0 Å². The third kappa shape index (κ3) is 0.914. The van der Waals surface area contributed by atoms with Crippen LogP contribution in [0.25, 0.3) is 15.7 Å². The van der Waals surface area contributed by atoms with Crippen molar-refractivity contribution in [3.05, 3.63) is 46.3 Å². The average Bonchev–Trinajstić information content (AvgIpc) is 2.81. The summed E-state index contributed by atoms with van der Waals surface area (Å²) in [6.07, 6.45) is 5.27. The molecule has 0 aromatic carbocycles. The number of fused-ring (bicyclic) bond motifs is 2. The summed E-state index contributed by atoms with van der Waals surface area (Å²) in [7, 11) is 0. The Bertz CT molecular complexity index is 612. The fourth-order valence-corrected chi connectivity index (χ4v) is 2.33. The third-order valence-electron chi connectivity index (χ3n) is 2.19. The molecule has 14 heavy (non-hydrogen) atoms. The van der Waals surface area contributed by atoms with Gasteiger partial charge in [-0.05, 0) is 22.9 Å². The van der Waals surface area contributed by atoms with Gasteiger partial charge in [-0.1, -0.05) is 0 Å². The van der Waals surface area contributed by atoms with E-state index in [9.17, 15) is 4.79 Å². The summed E-state index contributed by atoms with van der Waals surface area (Å²) in [6, 6.07) is 3.88. The molecular formula is C10H6N2OS. The van der Waals surface area contributed by atoms with E-state index in [4.69, 9.17) is 0 Å². The Hall–Kier alpha value is -1.68. The van der Waals surface area contributed by atoms with Crippen LogP contribution in [0.2, 0.25) is 0 Å². The van der Waals surface area contributed by atoms with Gasteiger partial charge in [0.15, 0.2) is 5.65 Å². The van der Waals surface area contributed by atoms with Crippen LogP contribution in [-0.2, 0) is 0 Å². The normalized spacial score (nSPS) is 11.1. The van der Waals surface area contributed by atoms with E-state index in [-0.39, 0.29) is 5.43 Å². The first kappa shape index (κ1) is 7.70. The quantitative estimate of drug-likeness (QED) is 0.558. The maximum atomic E-state index is 11.9. The second-order valence-electron chi connectivity index (χ2n) is 3.01. The highest BCUT2D eigenvalue weighted by molar-refractivity contribution is 7.17. The predicted octanol–water partition coefficient (Wildman–Crippen LogP) is 1.91. The van der Waals surface area contributed by atoms with E-state index in [1.165, 1.54) is 11.3 Å². The monoisotopic (exact) mass is 202 g/mol. The number of rotatable bonds is 0. The molecule has 0 radical (unpaired) electrons. The largest absolute Gasteiger partial charge is 0.304 e. The molecule has 3 rings (SSSR count). The van der Waals surface area contributed by atoms with E-state index in [2.05, 4.69) is 4.98 Å². The van der Waals surface area contributed by atoms with Crippen LogP contribution in [0.15, 0.2) is 40.9 Å². The minimum atomic E-state index is 0.00463. The number of aromatic nitrogens is 2. The van der Waals surface area contributed by atoms with Crippen molar-refractivity contribution in [1.82, 2.24) is 9.38 Å². The van der Waals surface area contributed by atoms with Crippen LogP contribution in [0, 0.1) is 0 Å². The predicted molar refractivity (Wildman–Crippen MR) is 56.8 cm³/mol. The fraction of sp³-hybridized carbons (Fsp3) is 0. The van der Waals surface area contributed by atoms with Crippen molar-refractivity contribution in [2.24, 2.45) is 0 Å². The van der Waals surface area contributed by atoms with E-state index in [1.807, 2.05) is 23.7 Å². The standard InChI is InChI=1S/C10H6N2OS/c13-8-9-7(2-6-14-9)1-4-12-5-3-11-10(8)12/h1-6H. The number of imidazole rings is 1. The van der Waals surface area contributed by atoms with Gasteiger partial charge in [0.2, 0.25) is 5.43 Å². The Balaban J connectivity index is 2.74. The van der Waals surface area contributed by atoms with Crippen molar-refractivity contribution in [3.63, 3.8) is 0 Å². The van der Waals surface area contributed by atoms with Gasteiger partial charge in [0.25, 0.3) is 0 Å². The van der Waals surface area contributed by atoms with Crippen molar-refractivity contribution in [2.45, 2.75) is 0 Å². The van der Waals surface area contributed by atoms with E-state index in [1.54, 1.807) is 16.8 Å². The van der Waals surface area contributed by atoms with Crippen LogP contribution in [0.3, 0.4) is 0 Å². The Morgan fingerprint density at radius 2 is 2.21 bits per heavy atom. The molecule has 0 amide bonds. The molecule has 0 saturated carbocycles. The van der Waals surface area contributed by atoms with Gasteiger partial charge in [0, 0.05) is 18.6 Å². The van der Waals surface area contributed by atoms with E-state index in [0.717, 1.165) is 10.1 Å². The lowest BCUT2D eigenvalue weighted by molar-refractivity contribution is 1.20. The lowest BCUT2D eigenvalue weighted by atomic mass is 10.3. The molecule has 0 saturated heterocycles. The molecule has 0 fully saturated rings. The molecule has 0 aliphatic heterocycles. The Kier molecular flexibility index (Phi) is 1.46. The zero-order valence-electron chi connectivity index (χ0n) is 7.18. The van der Waals surface area contributed by atoms with Gasteiger partial charge in [-0.25, -0.2) is 4.98 Å². The summed E-state index contributed by atoms with van der Waals surface area (Å²) >= 11 is 1.46. The molecule has 0 N–H and O–H groups in total. The lowest BCUT2D eigenvalue weighted by Gasteiger charge is -1.80. The highest BCUT2D eigenvalue weighted by atomic mass is 32.1. The first-order valence-electron chi connectivity index (χ1n) is 4.19. The smallest absolute Gasteiger partial charge is 0.239 e. The summed E-state index contributed by atoms with van der Waals surface area (Å²) in [5, 5.41) is 2.90. The van der Waals surface area contributed by atoms with Crippen LogP contribution >= 0.6 is 11.3 Å². The molecule has 3 aromatic rings. The highest BCUT2D eigenvalue weighted by Crippen LogP contribution is 2.15. The fourth-order valence-electron chi connectivity index (χ4n) is 1.51. The summed E-state index contributed by atoms with van der Waals surface area (Å²) in [6.45, 7) is 0. The van der Waals surface area contributed by atoms with E-state index in [0.29, 0.717) is 5.65 Å². The van der Waals surface area contributed by atoms with Gasteiger partial charge in [-0.15, -0.1) is 11.3 Å². The van der Waals surface area contributed by atoms with Gasteiger partial charge in [-0.2, -0.15) is 0 Å². The van der Waals surface area contributed by atoms with Gasteiger partial charge < -0.3 is 4.40 Å². The molecule has 0 unspecified atom stereocenters. The van der Waals surface area contributed by atoms with Gasteiger partial charge >= 0.3 is 0 Å².